The molecule has 1 aromatic carbocycles. The molecule has 0 saturated carbocycles. The lowest BCUT2D eigenvalue weighted by Gasteiger charge is -2.08. The van der Waals surface area contributed by atoms with Crippen LogP contribution in [-0.2, 0) is 11.3 Å². The molecular formula is C13H16N2OS2. The van der Waals surface area contributed by atoms with Gasteiger partial charge >= 0.3 is 0 Å². The van der Waals surface area contributed by atoms with Gasteiger partial charge < -0.3 is 10.5 Å². The Kier molecular flexibility index (Phi) is 5.04. The monoisotopic (exact) mass is 280 g/mol. The summed E-state index contributed by atoms with van der Waals surface area (Å²) >= 11 is 3.25. The van der Waals surface area contributed by atoms with Gasteiger partial charge in [-0.1, -0.05) is 24.3 Å². The van der Waals surface area contributed by atoms with Crippen molar-refractivity contribution < 1.29 is 4.74 Å². The van der Waals surface area contributed by atoms with Gasteiger partial charge in [0.15, 0.2) is 5.13 Å². The van der Waals surface area contributed by atoms with Crippen molar-refractivity contribution in [1.82, 2.24) is 4.98 Å². The Labute approximate surface area is 115 Å². The van der Waals surface area contributed by atoms with E-state index in [2.05, 4.69) is 23.4 Å². The van der Waals surface area contributed by atoms with E-state index in [-0.39, 0.29) is 0 Å². The second kappa shape index (κ2) is 6.78. The van der Waals surface area contributed by atoms with Gasteiger partial charge in [-0.25, -0.2) is 4.98 Å². The molecule has 0 saturated heterocycles. The van der Waals surface area contributed by atoms with Gasteiger partial charge in [-0.3, -0.25) is 0 Å². The number of rotatable bonds is 6. The second-order valence-corrected chi connectivity index (χ2v) is 5.65. The van der Waals surface area contributed by atoms with Crippen LogP contribution in [0.15, 0.2) is 29.6 Å². The van der Waals surface area contributed by atoms with Crippen LogP contribution < -0.4 is 5.73 Å². The van der Waals surface area contributed by atoms with Crippen LogP contribution in [0, 0.1) is 0 Å². The summed E-state index contributed by atoms with van der Waals surface area (Å²) in [6, 6.07) is 8.16. The van der Waals surface area contributed by atoms with E-state index in [9.17, 15) is 0 Å². The minimum absolute atomic E-state index is 0.600. The average molecular weight is 280 g/mol. The van der Waals surface area contributed by atoms with Gasteiger partial charge in [0.25, 0.3) is 0 Å². The summed E-state index contributed by atoms with van der Waals surface area (Å²) in [6.45, 7) is 1.39. The molecule has 0 aliphatic rings. The third-order valence-corrected chi connectivity index (χ3v) is 3.75. The number of anilines is 1. The number of hydrogen-bond donors (Lipinski definition) is 1. The number of ether oxygens (including phenoxy) is 1. The van der Waals surface area contributed by atoms with Crippen molar-refractivity contribution in [2.75, 3.05) is 24.3 Å². The van der Waals surface area contributed by atoms with Crippen LogP contribution in [0.1, 0.15) is 5.56 Å². The van der Waals surface area contributed by atoms with E-state index in [1.165, 1.54) is 11.3 Å². The predicted molar refractivity (Wildman–Crippen MR) is 80.0 cm³/mol. The van der Waals surface area contributed by atoms with E-state index in [0.29, 0.717) is 11.7 Å². The Hall–Kier alpha value is -1.04. The number of nitrogens with zero attached hydrogens (tertiary/aromatic N) is 1. The lowest BCUT2D eigenvalue weighted by Crippen LogP contribution is -1.99. The number of thioether (sulfide) groups is 1. The highest BCUT2D eigenvalue weighted by atomic mass is 32.2. The summed E-state index contributed by atoms with van der Waals surface area (Å²) < 4.78 is 5.65. The summed E-state index contributed by atoms with van der Waals surface area (Å²) in [5.74, 6) is 1.02. The van der Waals surface area contributed by atoms with Crippen LogP contribution in [0.3, 0.4) is 0 Å². The molecule has 2 aromatic rings. The van der Waals surface area contributed by atoms with E-state index in [1.807, 2.05) is 17.5 Å². The molecule has 0 spiro atoms. The van der Waals surface area contributed by atoms with Crippen molar-refractivity contribution in [3.63, 3.8) is 0 Å². The number of nitrogens with two attached hydrogens (primary N) is 1. The average Bonchev–Trinajstić information content (AvgIpc) is 2.82. The van der Waals surface area contributed by atoms with Crippen molar-refractivity contribution in [3.05, 3.63) is 35.2 Å². The molecule has 18 heavy (non-hydrogen) atoms. The molecule has 0 radical (unpaired) electrons. The van der Waals surface area contributed by atoms with E-state index in [4.69, 9.17) is 10.5 Å². The van der Waals surface area contributed by atoms with Crippen molar-refractivity contribution in [2.24, 2.45) is 0 Å². The lowest BCUT2D eigenvalue weighted by molar-refractivity contribution is 0.137. The van der Waals surface area contributed by atoms with Crippen LogP contribution >= 0.6 is 23.1 Å². The number of nitrogen functional groups attached to an aromatic ring is 1. The topological polar surface area (TPSA) is 48.1 Å². The van der Waals surface area contributed by atoms with Crippen LogP contribution in [0.5, 0.6) is 0 Å². The molecule has 0 aliphatic carbocycles. The highest BCUT2D eigenvalue weighted by Crippen LogP contribution is 2.26. The van der Waals surface area contributed by atoms with E-state index in [1.54, 1.807) is 11.8 Å². The highest BCUT2D eigenvalue weighted by Gasteiger charge is 2.07. The fraction of sp³-hybridized carbons (Fsp3) is 0.308. The zero-order valence-electron chi connectivity index (χ0n) is 10.3. The Morgan fingerprint density at radius 2 is 2.22 bits per heavy atom. The predicted octanol–water partition coefficient (Wildman–Crippen LogP) is 3.27. The molecule has 0 aliphatic heterocycles. The zero-order valence-corrected chi connectivity index (χ0v) is 11.9. The Morgan fingerprint density at radius 1 is 1.39 bits per heavy atom. The van der Waals surface area contributed by atoms with Gasteiger partial charge in [-0.15, -0.1) is 11.3 Å². The summed E-state index contributed by atoms with van der Waals surface area (Å²) in [5.41, 5.74) is 8.87. The fourth-order valence-electron chi connectivity index (χ4n) is 1.63. The van der Waals surface area contributed by atoms with E-state index < -0.39 is 0 Å². The molecule has 2 rings (SSSR count). The van der Waals surface area contributed by atoms with Crippen molar-refractivity contribution >= 4 is 28.2 Å². The smallest absolute Gasteiger partial charge is 0.180 e. The maximum absolute atomic E-state index is 5.68. The summed E-state index contributed by atoms with van der Waals surface area (Å²) in [6.07, 6.45) is 2.08. The molecule has 96 valence electrons. The molecule has 0 bridgehead atoms. The zero-order chi connectivity index (χ0) is 12.8. The largest absolute Gasteiger partial charge is 0.376 e. The fourth-order valence-corrected chi connectivity index (χ4v) is 2.48. The molecule has 1 aromatic heterocycles. The third-order valence-electron chi connectivity index (χ3n) is 2.50. The third kappa shape index (κ3) is 3.48. The normalized spacial score (nSPS) is 10.7. The quantitative estimate of drug-likeness (QED) is 0.825. The van der Waals surface area contributed by atoms with Gasteiger partial charge in [-0.05, 0) is 11.8 Å². The maximum Gasteiger partial charge on any atom is 0.180 e. The first-order chi connectivity index (χ1) is 8.81. The first-order valence-corrected chi connectivity index (χ1v) is 7.94. The molecule has 0 fully saturated rings. The Balaban J connectivity index is 2.10. The first kappa shape index (κ1) is 13.4. The Morgan fingerprint density at radius 3 is 2.94 bits per heavy atom. The molecule has 0 unspecified atom stereocenters. The standard InChI is InChI=1S/C13H16N2OS2/c1-17-7-6-16-8-10-4-2-3-5-11(10)12-9-18-13(14)15-12/h2-5,9H,6-8H2,1H3,(H2,14,15). The van der Waals surface area contributed by atoms with Gasteiger partial charge in [0.1, 0.15) is 0 Å². The minimum Gasteiger partial charge on any atom is -0.376 e. The van der Waals surface area contributed by atoms with Gasteiger partial charge in [0, 0.05) is 16.7 Å². The highest BCUT2D eigenvalue weighted by molar-refractivity contribution is 7.98. The molecule has 3 nitrogen and oxygen atoms in total. The van der Waals surface area contributed by atoms with Crippen molar-refractivity contribution in [1.29, 1.82) is 0 Å². The van der Waals surface area contributed by atoms with E-state index >= 15 is 0 Å². The molecule has 0 atom stereocenters. The summed E-state index contributed by atoms with van der Waals surface area (Å²) in [7, 11) is 0. The molecule has 2 N–H and O–H groups in total. The maximum atomic E-state index is 5.68. The van der Waals surface area contributed by atoms with Crippen LogP contribution in [-0.4, -0.2) is 23.6 Å². The van der Waals surface area contributed by atoms with Gasteiger partial charge in [-0.2, -0.15) is 11.8 Å². The van der Waals surface area contributed by atoms with Crippen LogP contribution in [0.25, 0.3) is 11.3 Å². The number of benzene rings is 1. The Bertz CT molecular complexity index is 499. The lowest BCUT2D eigenvalue weighted by atomic mass is 10.1. The van der Waals surface area contributed by atoms with E-state index in [0.717, 1.165) is 29.2 Å². The minimum atomic E-state index is 0.600. The number of thiazole rings is 1. The van der Waals surface area contributed by atoms with Crippen LogP contribution in [0.2, 0.25) is 0 Å². The van der Waals surface area contributed by atoms with Crippen LogP contribution in [0.4, 0.5) is 5.13 Å². The summed E-state index contributed by atoms with van der Waals surface area (Å²) in [5, 5.41) is 2.58. The van der Waals surface area contributed by atoms with Gasteiger partial charge in [0.2, 0.25) is 0 Å². The number of aromatic nitrogens is 1. The first-order valence-electron chi connectivity index (χ1n) is 5.67. The number of hydrogen-bond acceptors (Lipinski definition) is 5. The van der Waals surface area contributed by atoms with Crippen molar-refractivity contribution in [2.45, 2.75) is 6.61 Å². The van der Waals surface area contributed by atoms with Gasteiger partial charge in [0.05, 0.1) is 18.9 Å². The van der Waals surface area contributed by atoms with Crippen molar-refractivity contribution in [3.8, 4) is 11.3 Å². The molecular weight excluding hydrogens is 264 g/mol. The second-order valence-electron chi connectivity index (χ2n) is 3.77. The SMILES string of the molecule is CSCCOCc1ccccc1-c1csc(N)n1. The molecule has 1 heterocycles. The molecule has 5 heteroatoms. The summed E-state index contributed by atoms with van der Waals surface area (Å²) in [4.78, 5) is 4.32. The molecule has 0 amide bonds.